The highest BCUT2D eigenvalue weighted by molar-refractivity contribution is 6.63. The minimum atomic E-state index is -4.88. The van der Waals surface area contributed by atoms with Gasteiger partial charge in [-0.2, -0.15) is 5.26 Å². The second kappa shape index (κ2) is 11.0. The summed E-state index contributed by atoms with van der Waals surface area (Å²) < 4.78 is 57.5. The number of fused-ring (bicyclic) bond motifs is 1. The van der Waals surface area contributed by atoms with Gasteiger partial charge in [0.15, 0.2) is 5.54 Å². The van der Waals surface area contributed by atoms with Gasteiger partial charge in [-0.1, -0.05) is 6.07 Å². The highest BCUT2D eigenvalue weighted by atomic mass is 19.4. The van der Waals surface area contributed by atoms with E-state index >= 15 is 0 Å². The van der Waals surface area contributed by atoms with Gasteiger partial charge in [-0.15, -0.1) is 13.2 Å². The van der Waals surface area contributed by atoms with Crippen molar-refractivity contribution in [2.45, 2.75) is 51.8 Å². The molecule has 0 spiro atoms. The number of nitrogens with zero attached hydrogens (tertiary/aromatic N) is 2. The van der Waals surface area contributed by atoms with Crippen molar-refractivity contribution in [3.05, 3.63) is 47.5 Å². The fraction of sp³-hybridized carbons (Fsp3) is 0.400. The molecule has 0 fully saturated rings. The predicted molar refractivity (Wildman–Crippen MR) is 134 cm³/mol. The molecular weight excluding hydrogens is 522 g/mol. The molecule has 14 heteroatoms. The van der Waals surface area contributed by atoms with Crippen LogP contribution in [0, 0.1) is 11.3 Å². The van der Waals surface area contributed by atoms with Crippen molar-refractivity contribution in [2.24, 2.45) is 0 Å². The molecule has 0 radical (unpaired) electrons. The van der Waals surface area contributed by atoms with Gasteiger partial charge in [0.05, 0.1) is 18.4 Å². The van der Waals surface area contributed by atoms with Crippen molar-refractivity contribution in [1.82, 2.24) is 5.32 Å². The lowest BCUT2D eigenvalue weighted by Gasteiger charge is -2.29. The van der Waals surface area contributed by atoms with Crippen molar-refractivity contribution in [3.63, 3.8) is 0 Å². The fourth-order valence-electron chi connectivity index (χ4n) is 3.62. The van der Waals surface area contributed by atoms with Gasteiger partial charge in [0, 0.05) is 18.1 Å². The Bertz CT molecular complexity index is 1280. The van der Waals surface area contributed by atoms with E-state index in [-0.39, 0.29) is 23.6 Å². The Morgan fingerprint density at radius 2 is 1.79 bits per heavy atom. The smallest absolute Gasteiger partial charge is 0.488 e. The van der Waals surface area contributed by atoms with Crippen LogP contribution in [-0.4, -0.2) is 55.3 Å². The molecule has 2 aromatic carbocycles. The number of amides is 2. The van der Waals surface area contributed by atoms with E-state index < -0.39 is 49.0 Å². The van der Waals surface area contributed by atoms with Crippen molar-refractivity contribution < 1.29 is 46.6 Å². The summed E-state index contributed by atoms with van der Waals surface area (Å²) in [5, 5.41) is 22.7. The Labute approximate surface area is 223 Å². The van der Waals surface area contributed by atoms with Gasteiger partial charge in [-0.05, 0) is 63.6 Å². The van der Waals surface area contributed by atoms with Crippen LogP contribution in [0.15, 0.2) is 36.4 Å². The molecule has 208 valence electrons. The van der Waals surface area contributed by atoms with Crippen molar-refractivity contribution in [2.75, 3.05) is 18.6 Å². The molecule has 0 saturated carbocycles. The highest BCUT2D eigenvalue weighted by Gasteiger charge is 2.37. The number of nitrogens with one attached hydrogen (secondary N) is 1. The van der Waals surface area contributed by atoms with Gasteiger partial charge in [-0.25, -0.2) is 4.79 Å². The molecule has 2 amide bonds. The maximum absolute atomic E-state index is 12.8. The number of alkyl halides is 3. The molecular formula is C25H27BF3N3O7. The summed E-state index contributed by atoms with van der Waals surface area (Å²) in [5.41, 5.74) is -1.35. The first-order valence-electron chi connectivity index (χ1n) is 11.7. The van der Waals surface area contributed by atoms with Crippen LogP contribution in [0.3, 0.4) is 0 Å². The number of carbonyl (C=O) groups is 2. The second-order valence-corrected chi connectivity index (χ2v) is 9.95. The van der Waals surface area contributed by atoms with E-state index in [2.05, 4.69) is 10.1 Å². The highest BCUT2D eigenvalue weighted by Crippen LogP contribution is 2.32. The molecule has 0 aliphatic carbocycles. The van der Waals surface area contributed by atoms with E-state index in [0.717, 1.165) is 29.2 Å². The summed E-state index contributed by atoms with van der Waals surface area (Å²) in [5.74, 6) is -1.14. The van der Waals surface area contributed by atoms with Gasteiger partial charge >= 0.3 is 19.6 Å². The fourth-order valence-corrected chi connectivity index (χ4v) is 3.62. The Balaban J connectivity index is 1.81. The largest absolute Gasteiger partial charge is 0.573 e. The Kier molecular flexibility index (Phi) is 8.37. The van der Waals surface area contributed by atoms with Crippen molar-refractivity contribution >= 4 is 30.3 Å². The van der Waals surface area contributed by atoms with Crippen LogP contribution in [0.1, 0.15) is 43.6 Å². The van der Waals surface area contributed by atoms with Crippen LogP contribution < -0.4 is 25.2 Å². The standard InChI is InChI=1S/C25H27BF3N3O7/c1-23(2,3)39-22(34)32(5)20-18(11-8-16-12-37-26(35)19(16)20)36-14-24(4,13-30)31-21(33)15-6-9-17(10-7-15)38-25(27,28)29/h6-11,35H,12,14H2,1-5H3,(H,31,33). The van der Waals surface area contributed by atoms with E-state index in [1.54, 1.807) is 26.8 Å². The number of hydrogen-bond donors (Lipinski definition) is 2. The molecule has 1 aliphatic heterocycles. The number of carbonyl (C=O) groups excluding carboxylic acids is 2. The molecule has 0 aromatic heterocycles. The quantitative estimate of drug-likeness (QED) is 0.504. The molecule has 1 aliphatic rings. The second-order valence-electron chi connectivity index (χ2n) is 9.95. The monoisotopic (exact) mass is 549 g/mol. The Morgan fingerprint density at radius 3 is 2.36 bits per heavy atom. The van der Waals surface area contributed by atoms with E-state index in [9.17, 15) is 33.0 Å². The van der Waals surface area contributed by atoms with E-state index in [1.165, 1.54) is 20.0 Å². The Morgan fingerprint density at radius 1 is 1.15 bits per heavy atom. The van der Waals surface area contributed by atoms with E-state index in [0.29, 0.717) is 11.0 Å². The molecule has 2 N–H and O–H groups in total. The number of anilines is 1. The third kappa shape index (κ3) is 7.55. The zero-order valence-electron chi connectivity index (χ0n) is 21.9. The number of rotatable bonds is 7. The first-order chi connectivity index (χ1) is 18.0. The summed E-state index contributed by atoms with van der Waals surface area (Å²) >= 11 is 0. The van der Waals surface area contributed by atoms with Crippen LogP contribution >= 0.6 is 0 Å². The number of benzene rings is 2. The number of halogens is 3. The summed E-state index contributed by atoms with van der Waals surface area (Å²) in [6.07, 6.45) is -5.61. The van der Waals surface area contributed by atoms with E-state index in [1.807, 2.05) is 6.07 Å². The van der Waals surface area contributed by atoms with Crippen LogP contribution in [0.2, 0.25) is 0 Å². The SMILES string of the molecule is CN(C(=O)OC(C)(C)C)c1c(OCC(C)(C#N)NC(=O)c2ccc(OC(F)(F)F)cc2)ccc2c1B(O)OC2. The molecule has 2 aromatic rings. The lowest BCUT2D eigenvalue weighted by molar-refractivity contribution is -0.274. The topological polar surface area (TPSA) is 130 Å². The zero-order valence-corrected chi connectivity index (χ0v) is 21.9. The first-order valence-corrected chi connectivity index (χ1v) is 11.7. The van der Waals surface area contributed by atoms with E-state index in [4.69, 9.17) is 14.1 Å². The molecule has 10 nitrogen and oxygen atoms in total. The van der Waals surface area contributed by atoms with Gasteiger partial charge in [0.1, 0.15) is 23.7 Å². The van der Waals surface area contributed by atoms with Crippen molar-refractivity contribution in [3.8, 4) is 17.6 Å². The minimum absolute atomic E-state index is 0.0193. The van der Waals surface area contributed by atoms with Gasteiger partial charge in [-0.3, -0.25) is 9.69 Å². The van der Waals surface area contributed by atoms with Crippen LogP contribution in [-0.2, 0) is 16.0 Å². The lowest BCUT2D eigenvalue weighted by Crippen LogP contribution is -2.49. The Hall–Kier alpha value is -3.96. The van der Waals surface area contributed by atoms with Gasteiger partial charge in [0.2, 0.25) is 0 Å². The molecule has 1 heterocycles. The summed E-state index contributed by atoms with van der Waals surface area (Å²) in [6.45, 7) is 6.18. The first kappa shape index (κ1) is 29.6. The predicted octanol–water partition coefficient (Wildman–Crippen LogP) is 3.27. The van der Waals surface area contributed by atoms with Crippen LogP contribution in [0.4, 0.5) is 23.7 Å². The number of ether oxygens (including phenoxy) is 3. The zero-order chi connectivity index (χ0) is 29.2. The van der Waals surface area contributed by atoms with Crippen LogP contribution in [0.25, 0.3) is 0 Å². The van der Waals surface area contributed by atoms with Gasteiger partial charge < -0.3 is 29.2 Å². The van der Waals surface area contributed by atoms with Gasteiger partial charge in [0.25, 0.3) is 5.91 Å². The number of hydrogen-bond acceptors (Lipinski definition) is 8. The summed E-state index contributed by atoms with van der Waals surface area (Å²) in [6, 6.07) is 9.30. The summed E-state index contributed by atoms with van der Waals surface area (Å²) in [7, 11) is 0.0914. The van der Waals surface area contributed by atoms with Crippen LogP contribution in [0.5, 0.6) is 11.5 Å². The van der Waals surface area contributed by atoms with Crippen molar-refractivity contribution in [1.29, 1.82) is 5.26 Å². The third-order valence-corrected chi connectivity index (χ3v) is 5.42. The average molecular weight is 549 g/mol. The minimum Gasteiger partial charge on any atom is -0.488 e. The maximum atomic E-state index is 12.8. The average Bonchev–Trinajstić information content (AvgIpc) is 3.21. The molecule has 1 atom stereocenters. The maximum Gasteiger partial charge on any atom is 0.573 e. The normalized spacial score (nSPS) is 14.5. The molecule has 1 unspecified atom stereocenters. The lowest BCUT2D eigenvalue weighted by atomic mass is 9.77. The molecule has 39 heavy (non-hydrogen) atoms. The third-order valence-electron chi connectivity index (χ3n) is 5.42. The molecule has 3 rings (SSSR count). The molecule has 0 saturated heterocycles. The summed E-state index contributed by atoms with van der Waals surface area (Å²) in [4.78, 5) is 26.7. The number of nitriles is 1. The molecule has 0 bridgehead atoms.